The summed E-state index contributed by atoms with van der Waals surface area (Å²) in [5.41, 5.74) is 0. The Labute approximate surface area is 88.0 Å². The Bertz CT molecular complexity index is 315. The first-order valence-corrected chi connectivity index (χ1v) is 5.08. The summed E-state index contributed by atoms with van der Waals surface area (Å²) in [6.45, 7) is 0.624. The SMILES string of the molecule is O=[N+]([O-])c1nn(CCCBr)cc1Cl. The van der Waals surface area contributed by atoms with E-state index in [9.17, 15) is 10.1 Å². The molecule has 1 heterocycles. The van der Waals surface area contributed by atoms with Gasteiger partial charge in [-0.1, -0.05) is 27.5 Å². The highest BCUT2D eigenvalue weighted by atomic mass is 79.9. The molecule has 0 aliphatic carbocycles. The minimum absolute atomic E-state index is 0.0829. The Morgan fingerprint density at radius 3 is 2.92 bits per heavy atom. The molecule has 0 aliphatic rings. The third-order valence-electron chi connectivity index (χ3n) is 1.39. The second-order valence-electron chi connectivity index (χ2n) is 2.36. The molecule has 0 aromatic carbocycles. The zero-order valence-corrected chi connectivity index (χ0v) is 8.95. The van der Waals surface area contributed by atoms with Gasteiger partial charge in [0.05, 0.1) is 17.8 Å². The van der Waals surface area contributed by atoms with Gasteiger partial charge in [0.2, 0.25) is 0 Å². The monoisotopic (exact) mass is 267 g/mol. The van der Waals surface area contributed by atoms with Crippen molar-refractivity contribution in [3.05, 3.63) is 21.3 Å². The maximum atomic E-state index is 10.3. The largest absolute Gasteiger partial charge is 0.408 e. The first-order chi connectivity index (χ1) is 6.15. The second kappa shape index (κ2) is 4.57. The predicted octanol–water partition coefficient (Wildman–Crippen LogP) is 2.23. The van der Waals surface area contributed by atoms with E-state index < -0.39 is 4.92 Å². The number of rotatable bonds is 4. The van der Waals surface area contributed by atoms with Crippen LogP contribution in [0.1, 0.15) is 6.42 Å². The molecule has 0 amide bonds. The number of hydrogen-bond acceptors (Lipinski definition) is 3. The molecule has 1 aromatic rings. The molecule has 0 saturated carbocycles. The van der Waals surface area contributed by atoms with E-state index in [1.54, 1.807) is 0 Å². The smallest absolute Gasteiger partial charge is 0.358 e. The van der Waals surface area contributed by atoms with Gasteiger partial charge >= 0.3 is 5.82 Å². The van der Waals surface area contributed by atoms with Crippen molar-refractivity contribution in [1.82, 2.24) is 9.78 Å². The van der Waals surface area contributed by atoms with Gasteiger partial charge in [-0.2, -0.15) is 4.68 Å². The van der Waals surface area contributed by atoms with Crippen LogP contribution in [-0.2, 0) is 6.54 Å². The lowest BCUT2D eigenvalue weighted by molar-refractivity contribution is -0.389. The van der Waals surface area contributed by atoms with Crippen molar-refractivity contribution >= 4 is 33.3 Å². The van der Waals surface area contributed by atoms with E-state index in [1.165, 1.54) is 10.9 Å². The van der Waals surface area contributed by atoms with Crippen LogP contribution in [0.4, 0.5) is 5.82 Å². The van der Waals surface area contributed by atoms with E-state index in [4.69, 9.17) is 11.6 Å². The zero-order chi connectivity index (χ0) is 9.84. The van der Waals surface area contributed by atoms with Gasteiger partial charge in [0.15, 0.2) is 5.02 Å². The fourth-order valence-electron chi connectivity index (χ4n) is 0.847. The number of aromatic nitrogens is 2. The van der Waals surface area contributed by atoms with Gasteiger partial charge in [-0.3, -0.25) is 0 Å². The van der Waals surface area contributed by atoms with Gasteiger partial charge in [-0.05, 0) is 11.3 Å². The summed E-state index contributed by atoms with van der Waals surface area (Å²) >= 11 is 8.84. The average molecular weight is 268 g/mol. The van der Waals surface area contributed by atoms with Crippen molar-refractivity contribution in [3.63, 3.8) is 0 Å². The molecule has 1 aromatic heterocycles. The lowest BCUT2D eigenvalue weighted by Crippen LogP contribution is -1.99. The van der Waals surface area contributed by atoms with Gasteiger partial charge in [0, 0.05) is 5.33 Å². The van der Waals surface area contributed by atoms with E-state index in [0.717, 1.165) is 11.8 Å². The molecular formula is C6H7BrClN3O2. The minimum Gasteiger partial charge on any atom is -0.358 e. The Morgan fingerprint density at radius 2 is 2.46 bits per heavy atom. The van der Waals surface area contributed by atoms with Crippen molar-refractivity contribution in [3.8, 4) is 0 Å². The quantitative estimate of drug-likeness (QED) is 0.478. The Balaban J connectivity index is 2.76. The van der Waals surface area contributed by atoms with Crippen LogP contribution in [0.2, 0.25) is 5.02 Å². The first kappa shape index (κ1) is 10.5. The highest BCUT2D eigenvalue weighted by Gasteiger charge is 2.18. The molecule has 7 heteroatoms. The first-order valence-electron chi connectivity index (χ1n) is 3.58. The van der Waals surface area contributed by atoms with E-state index in [2.05, 4.69) is 21.0 Å². The molecule has 13 heavy (non-hydrogen) atoms. The van der Waals surface area contributed by atoms with Crippen LogP contribution in [0.15, 0.2) is 6.20 Å². The van der Waals surface area contributed by atoms with Crippen molar-refractivity contribution in [2.45, 2.75) is 13.0 Å². The molecule has 0 unspecified atom stereocenters. The average Bonchev–Trinajstić information content (AvgIpc) is 2.43. The molecule has 5 nitrogen and oxygen atoms in total. The summed E-state index contributed by atoms with van der Waals surface area (Å²) < 4.78 is 1.47. The molecule has 0 spiro atoms. The van der Waals surface area contributed by atoms with Gasteiger partial charge in [0.1, 0.15) is 0 Å². The van der Waals surface area contributed by atoms with E-state index in [1.807, 2.05) is 0 Å². The van der Waals surface area contributed by atoms with Crippen LogP contribution in [0.5, 0.6) is 0 Å². The Morgan fingerprint density at radius 1 is 1.77 bits per heavy atom. The highest BCUT2D eigenvalue weighted by molar-refractivity contribution is 9.09. The van der Waals surface area contributed by atoms with Crippen LogP contribution in [0.3, 0.4) is 0 Å². The predicted molar refractivity (Wildman–Crippen MR) is 52.3 cm³/mol. The van der Waals surface area contributed by atoms with Gasteiger partial charge in [0.25, 0.3) is 0 Å². The number of aryl methyl sites for hydroxylation is 1. The molecular weight excluding hydrogens is 261 g/mol. The number of alkyl halides is 1. The molecule has 0 atom stereocenters. The van der Waals surface area contributed by atoms with Crippen LogP contribution < -0.4 is 0 Å². The molecule has 0 aliphatic heterocycles. The van der Waals surface area contributed by atoms with E-state index in [0.29, 0.717) is 6.54 Å². The Hall–Kier alpha value is -0.620. The summed E-state index contributed by atoms with van der Waals surface area (Å²) in [6.07, 6.45) is 2.32. The van der Waals surface area contributed by atoms with Gasteiger partial charge in [-0.25, -0.2) is 0 Å². The standard InChI is InChI=1S/C6H7BrClN3O2/c7-2-1-3-10-4-5(8)6(9-10)11(12)13/h4H,1-3H2. The maximum absolute atomic E-state index is 10.3. The van der Waals surface area contributed by atoms with Gasteiger partial charge in [-0.15, -0.1) is 0 Å². The number of nitro groups is 1. The van der Waals surface area contributed by atoms with Crippen molar-refractivity contribution in [2.75, 3.05) is 5.33 Å². The fourth-order valence-corrected chi connectivity index (χ4v) is 1.32. The Kier molecular flexibility index (Phi) is 3.68. The summed E-state index contributed by atoms with van der Waals surface area (Å²) in [5, 5.41) is 15.0. The van der Waals surface area contributed by atoms with Crippen LogP contribution in [-0.4, -0.2) is 20.0 Å². The van der Waals surface area contributed by atoms with Gasteiger partial charge < -0.3 is 10.1 Å². The number of nitrogens with zero attached hydrogens (tertiary/aromatic N) is 3. The lowest BCUT2D eigenvalue weighted by atomic mass is 10.5. The third-order valence-corrected chi connectivity index (χ3v) is 2.22. The summed E-state index contributed by atoms with van der Waals surface area (Å²) in [4.78, 5) is 9.75. The summed E-state index contributed by atoms with van der Waals surface area (Å²) in [6, 6.07) is 0. The molecule has 72 valence electrons. The fraction of sp³-hybridized carbons (Fsp3) is 0.500. The molecule has 1 rings (SSSR count). The lowest BCUT2D eigenvalue weighted by Gasteiger charge is -1.90. The van der Waals surface area contributed by atoms with Crippen molar-refractivity contribution < 1.29 is 4.92 Å². The van der Waals surface area contributed by atoms with E-state index in [-0.39, 0.29) is 10.8 Å². The molecule has 0 fully saturated rings. The topological polar surface area (TPSA) is 61.0 Å². The highest BCUT2D eigenvalue weighted by Crippen LogP contribution is 2.21. The second-order valence-corrected chi connectivity index (χ2v) is 3.56. The van der Waals surface area contributed by atoms with Crippen LogP contribution >= 0.6 is 27.5 Å². The molecule has 0 radical (unpaired) electrons. The number of hydrogen-bond donors (Lipinski definition) is 0. The molecule has 0 saturated heterocycles. The summed E-state index contributed by atoms with van der Waals surface area (Å²) in [7, 11) is 0. The van der Waals surface area contributed by atoms with E-state index >= 15 is 0 Å². The van der Waals surface area contributed by atoms with Crippen molar-refractivity contribution in [1.29, 1.82) is 0 Å². The zero-order valence-electron chi connectivity index (χ0n) is 6.61. The minimum atomic E-state index is -0.590. The maximum Gasteiger partial charge on any atom is 0.408 e. The van der Waals surface area contributed by atoms with Crippen molar-refractivity contribution in [2.24, 2.45) is 0 Å². The third kappa shape index (κ3) is 2.67. The molecule has 0 bridgehead atoms. The number of halogens is 2. The molecule has 0 N–H and O–H groups in total. The summed E-state index contributed by atoms with van der Waals surface area (Å²) in [5.74, 6) is -0.281. The van der Waals surface area contributed by atoms with Crippen LogP contribution in [0, 0.1) is 10.1 Å². The van der Waals surface area contributed by atoms with Crippen LogP contribution in [0.25, 0.3) is 0 Å². The normalized spacial score (nSPS) is 10.3.